The van der Waals surface area contributed by atoms with Crippen LogP contribution in [0.5, 0.6) is 0 Å². The first-order chi connectivity index (χ1) is 10.7. The van der Waals surface area contributed by atoms with Gasteiger partial charge in [-0.1, -0.05) is 43.5 Å². The van der Waals surface area contributed by atoms with E-state index in [-0.39, 0.29) is 12.0 Å². The van der Waals surface area contributed by atoms with Gasteiger partial charge in [0.15, 0.2) is 0 Å². The summed E-state index contributed by atoms with van der Waals surface area (Å²) in [6, 6.07) is 7.81. The zero-order valence-electron chi connectivity index (χ0n) is 12.7. The lowest BCUT2D eigenvalue weighted by atomic mass is 9.87. The number of carbonyl (C=O) groups is 1. The van der Waals surface area contributed by atoms with Crippen molar-refractivity contribution in [3.8, 4) is 0 Å². The van der Waals surface area contributed by atoms with E-state index in [9.17, 15) is 4.79 Å². The van der Waals surface area contributed by atoms with Crippen LogP contribution in [0.4, 0.5) is 0 Å². The van der Waals surface area contributed by atoms with E-state index in [1.807, 2.05) is 24.3 Å². The third kappa shape index (κ3) is 4.56. The molecule has 0 saturated carbocycles. The second-order valence-electron chi connectivity index (χ2n) is 5.31. The molecular weight excluding hydrogens is 300 g/mol. The lowest BCUT2D eigenvalue weighted by Crippen LogP contribution is -2.38. The molecule has 22 heavy (non-hydrogen) atoms. The van der Waals surface area contributed by atoms with Crippen LogP contribution in [0.15, 0.2) is 36.9 Å². The second kappa shape index (κ2) is 8.54. The minimum atomic E-state index is -0.0353. The van der Waals surface area contributed by atoms with E-state index >= 15 is 0 Å². The molecule has 0 aliphatic carbocycles. The summed E-state index contributed by atoms with van der Waals surface area (Å²) in [5.74, 6) is 0.214. The molecule has 2 atom stereocenters. The van der Waals surface area contributed by atoms with Crippen LogP contribution < -0.4 is 5.32 Å². The first-order valence-corrected chi connectivity index (χ1v) is 7.90. The number of nitrogens with zero attached hydrogens (tertiary/aromatic N) is 3. The summed E-state index contributed by atoms with van der Waals surface area (Å²) in [6.45, 7) is 2.76. The van der Waals surface area contributed by atoms with Crippen LogP contribution in [-0.2, 0) is 11.3 Å². The average Bonchev–Trinajstić information content (AvgIpc) is 3.02. The molecule has 0 bridgehead atoms. The molecule has 2 unspecified atom stereocenters. The number of nitrogens with one attached hydrogen (secondary N) is 1. The van der Waals surface area contributed by atoms with E-state index in [1.54, 1.807) is 11.0 Å². The molecule has 2 rings (SSSR count). The van der Waals surface area contributed by atoms with Crippen LogP contribution in [0.1, 0.15) is 37.7 Å². The third-order valence-corrected chi connectivity index (χ3v) is 4.04. The Morgan fingerprint density at radius 1 is 1.36 bits per heavy atom. The Labute approximate surface area is 135 Å². The van der Waals surface area contributed by atoms with Gasteiger partial charge in [0, 0.05) is 10.9 Å². The average molecular weight is 321 g/mol. The fraction of sp³-hybridized carbons (Fsp3) is 0.438. The van der Waals surface area contributed by atoms with Crippen molar-refractivity contribution in [3.05, 3.63) is 47.5 Å². The van der Waals surface area contributed by atoms with E-state index in [2.05, 4.69) is 22.3 Å². The van der Waals surface area contributed by atoms with Crippen molar-refractivity contribution in [2.75, 3.05) is 0 Å². The molecule has 1 aromatic carbocycles. The molecule has 1 heterocycles. The quantitative estimate of drug-likeness (QED) is 0.722. The van der Waals surface area contributed by atoms with Gasteiger partial charge in [0.25, 0.3) is 0 Å². The zero-order valence-corrected chi connectivity index (χ0v) is 13.4. The number of amides is 1. The van der Waals surface area contributed by atoms with Gasteiger partial charge in [-0.2, -0.15) is 5.10 Å². The van der Waals surface area contributed by atoms with Gasteiger partial charge < -0.3 is 5.32 Å². The van der Waals surface area contributed by atoms with E-state index < -0.39 is 0 Å². The van der Waals surface area contributed by atoms with Gasteiger partial charge >= 0.3 is 0 Å². The van der Waals surface area contributed by atoms with E-state index in [0.717, 1.165) is 25.7 Å². The van der Waals surface area contributed by atoms with E-state index in [1.165, 1.54) is 11.9 Å². The molecular formula is C16H21ClN4O. The molecule has 0 aliphatic rings. The molecule has 2 aromatic rings. The molecule has 0 saturated heterocycles. The van der Waals surface area contributed by atoms with Crippen LogP contribution in [0.3, 0.4) is 0 Å². The predicted octanol–water partition coefficient (Wildman–Crippen LogP) is 3.02. The van der Waals surface area contributed by atoms with Crippen LogP contribution in [0, 0.1) is 0 Å². The molecule has 1 amide bonds. The summed E-state index contributed by atoms with van der Waals surface area (Å²) in [7, 11) is 0. The topological polar surface area (TPSA) is 59.8 Å². The zero-order chi connectivity index (χ0) is 15.8. The standard InChI is InChI=1S/C16H21ClN4O/c1-2-3-4-15(13-5-7-14(17)8-6-13)16(19-12-22)9-21-11-18-10-20-21/h5-8,10-12,15-16H,2-4,9H2,1H3,(H,19,22). The number of hydrogen-bond acceptors (Lipinski definition) is 3. The van der Waals surface area contributed by atoms with Crippen LogP contribution in [0.2, 0.25) is 5.02 Å². The summed E-state index contributed by atoms with van der Waals surface area (Å²) < 4.78 is 1.75. The Morgan fingerprint density at radius 2 is 2.14 bits per heavy atom. The lowest BCUT2D eigenvalue weighted by Gasteiger charge is -2.27. The smallest absolute Gasteiger partial charge is 0.207 e. The highest BCUT2D eigenvalue weighted by atomic mass is 35.5. The maximum Gasteiger partial charge on any atom is 0.207 e. The van der Waals surface area contributed by atoms with E-state index in [4.69, 9.17) is 11.6 Å². The number of benzene rings is 1. The van der Waals surface area contributed by atoms with Gasteiger partial charge in [-0.3, -0.25) is 9.48 Å². The normalized spacial score (nSPS) is 13.5. The number of halogens is 1. The van der Waals surface area contributed by atoms with Gasteiger partial charge in [0.05, 0.1) is 12.6 Å². The second-order valence-corrected chi connectivity index (χ2v) is 5.75. The lowest BCUT2D eigenvalue weighted by molar-refractivity contribution is -0.110. The van der Waals surface area contributed by atoms with Crippen molar-refractivity contribution in [2.24, 2.45) is 0 Å². The molecule has 0 spiro atoms. The Balaban J connectivity index is 2.22. The van der Waals surface area contributed by atoms with E-state index in [0.29, 0.717) is 11.6 Å². The number of carbonyl (C=O) groups excluding carboxylic acids is 1. The first-order valence-electron chi connectivity index (χ1n) is 7.52. The highest BCUT2D eigenvalue weighted by Crippen LogP contribution is 2.27. The molecule has 118 valence electrons. The Hall–Kier alpha value is -1.88. The highest BCUT2D eigenvalue weighted by molar-refractivity contribution is 6.30. The van der Waals surface area contributed by atoms with Crippen molar-refractivity contribution >= 4 is 18.0 Å². The molecule has 0 radical (unpaired) electrons. The van der Waals surface area contributed by atoms with Crippen molar-refractivity contribution in [1.82, 2.24) is 20.1 Å². The highest BCUT2D eigenvalue weighted by Gasteiger charge is 2.23. The number of aromatic nitrogens is 3. The van der Waals surface area contributed by atoms with Gasteiger partial charge in [-0.05, 0) is 24.1 Å². The van der Waals surface area contributed by atoms with Gasteiger partial charge in [-0.25, -0.2) is 4.98 Å². The van der Waals surface area contributed by atoms with Crippen molar-refractivity contribution in [1.29, 1.82) is 0 Å². The van der Waals surface area contributed by atoms with Gasteiger partial charge in [0.1, 0.15) is 12.7 Å². The molecule has 0 aliphatic heterocycles. The molecule has 1 aromatic heterocycles. The molecule has 0 fully saturated rings. The SMILES string of the molecule is CCCCC(c1ccc(Cl)cc1)C(Cn1cncn1)NC=O. The minimum Gasteiger partial charge on any atom is -0.353 e. The first kappa shape index (κ1) is 16.5. The number of hydrogen-bond donors (Lipinski definition) is 1. The summed E-state index contributed by atoms with van der Waals surface area (Å²) in [5.41, 5.74) is 1.18. The maximum absolute atomic E-state index is 11.0. The predicted molar refractivity (Wildman–Crippen MR) is 86.7 cm³/mol. The number of rotatable bonds is 9. The van der Waals surface area contributed by atoms with Crippen LogP contribution in [0.25, 0.3) is 0 Å². The molecule has 6 heteroatoms. The summed E-state index contributed by atoms with van der Waals surface area (Å²) in [4.78, 5) is 15.0. The van der Waals surface area contributed by atoms with Crippen molar-refractivity contribution in [2.45, 2.75) is 44.7 Å². The largest absolute Gasteiger partial charge is 0.353 e. The Morgan fingerprint density at radius 3 is 2.73 bits per heavy atom. The van der Waals surface area contributed by atoms with Gasteiger partial charge in [-0.15, -0.1) is 0 Å². The summed E-state index contributed by atoms with van der Waals surface area (Å²) in [5, 5.41) is 7.79. The van der Waals surface area contributed by atoms with Crippen LogP contribution >= 0.6 is 11.6 Å². The van der Waals surface area contributed by atoms with Gasteiger partial charge in [0.2, 0.25) is 6.41 Å². The fourth-order valence-electron chi connectivity index (χ4n) is 2.65. The molecule has 1 N–H and O–H groups in total. The van der Waals surface area contributed by atoms with Crippen molar-refractivity contribution in [3.63, 3.8) is 0 Å². The van der Waals surface area contributed by atoms with Crippen molar-refractivity contribution < 1.29 is 4.79 Å². The monoisotopic (exact) mass is 320 g/mol. The fourth-order valence-corrected chi connectivity index (χ4v) is 2.77. The summed E-state index contributed by atoms with van der Waals surface area (Å²) >= 11 is 5.98. The minimum absolute atomic E-state index is 0.0353. The number of unbranched alkanes of at least 4 members (excludes halogenated alkanes) is 1. The third-order valence-electron chi connectivity index (χ3n) is 3.78. The Bertz CT molecular complexity index is 556. The maximum atomic E-state index is 11.0. The molecule has 5 nitrogen and oxygen atoms in total. The Kier molecular flexibility index (Phi) is 6.40. The van der Waals surface area contributed by atoms with Crippen LogP contribution in [-0.4, -0.2) is 27.2 Å². The summed E-state index contributed by atoms with van der Waals surface area (Å²) in [6.07, 6.45) is 7.14.